The van der Waals surface area contributed by atoms with Crippen LogP contribution in [0.1, 0.15) is 44.9 Å². The summed E-state index contributed by atoms with van der Waals surface area (Å²) in [5, 5.41) is 0.483. The number of rotatable bonds is 8. The third-order valence-corrected chi connectivity index (χ3v) is 8.94. The lowest BCUT2D eigenvalue weighted by molar-refractivity contribution is -0.0239. The van der Waals surface area contributed by atoms with Gasteiger partial charge in [0, 0.05) is 23.9 Å². The summed E-state index contributed by atoms with van der Waals surface area (Å²) >= 11 is 5.90. The van der Waals surface area contributed by atoms with Crippen molar-refractivity contribution in [3.63, 3.8) is 0 Å². The Morgan fingerprint density at radius 3 is 2.65 bits per heavy atom. The lowest BCUT2D eigenvalue weighted by atomic mass is 9.86. The number of carbonyl (C=O) groups excluding carboxylic acids is 1. The van der Waals surface area contributed by atoms with Gasteiger partial charge in [-0.3, -0.25) is 4.90 Å². The second kappa shape index (κ2) is 9.79. The number of fused-ring (bicyclic) bond motifs is 1. The first-order valence-electron chi connectivity index (χ1n) is 11.3. The molecule has 3 aliphatic rings. The predicted molar refractivity (Wildman–Crippen MR) is 119 cm³/mol. The van der Waals surface area contributed by atoms with Crippen molar-refractivity contribution in [1.29, 1.82) is 0 Å². The average molecular weight is 523 g/mol. The minimum Gasteiger partial charge on any atom is -0.453 e. The van der Waals surface area contributed by atoms with Gasteiger partial charge in [-0.15, -0.1) is 0 Å². The number of aromatic nitrogens is 2. The van der Waals surface area contributed by atoms with E-state index in [1.807, 2.05) is 0 Å². The van der Waals surface area contributed by atoms with Crippen LogP contribution in [-0.4, -0.2) is 79.5 Å². The van der Waals surface area contributed by atoms with Crippen molar-refractivity contribution >= 4 is 27.7 Å². The quantitative estimate of drug-likeness (QED) is 0.559. The van der Waals surface area contributed by atoms with E-state index in [0.29, 0.717) is 10.9 Å². The summed E-state index contributed by atoms with van der Waals surface area (Å²) in [5.74, 6) is 0.922. The van der Waals surface area contributed by atoms with E-state index in [1.54, 1.807) is 12.4 Å². The molecule has 9 nitrogen and oxygen atoms in total. The fourth-order valence-electron chi connectivity index (χ4n) is 5.40. The molecule has 4 rings (SSSR count). The van der Waals surface area contributed by atoms with Gasteiger partial charge in [0.25, 0.3) is 6.43 Å². The third kappa shape index (κ3) is 5.00. The molecule has 1 aliphatic heterocycles. The van der Waals surface area contributed by atoms with E-state index in [0.717, 1.165) is 43.5 Å². The molecule has 3 fully saturated rings. The van der Waals surface area contributed by atoms with Gasteiger partial charge in [-0.05, 0) is 44.9 Å². The molecule has 0 unspecified atom stereocenters. The summed E-state index contributed by atoms with van der Waals surface area (Å²) in [6.45, 7) is 1.39. The Morgan fingerprint density at radius 1 is 1.35 bits per heavy atom. The molecule has 1 aromatic rings. The monoisotopic (exact) mass is 522 g/mol. The Hall–Kier alpha value is -1.63. The molecular formula is C21H29ClF2N4O5S. The largest absolute Gasteiger partial charge is 0.453 e. The molecule has 2 aliphatic carbocycles. The number of alkyl halides is 2. The first kappa shape index (κ1) is 25.5. The first-order chi connectivity index (χ1) is 16.1. The van der Waals surface area contributed by atoms with Crippen LogP contribution in [0.15, 0.2) is 12.4 Å². The number of likely N-dealkylation sites (tertiary alicyclic amines) is 1. The van der Waals surface area contributed by atoms with Crippen LogP contribution in [0.4, 0.5) is 13.6 Å². The average Bonchev–Trinajstić information content (AvgIpc) is 3.44. The summed E-state index contributed by atoms with van der Waals surface area (Å²) in [6, 6.07) is -3.26. The number of hydrogen-bond donors (Lipinski definition) is 1. The van der Waals surface area contributed by atoms with Crippen molar-refractivity contribution < 1.29 is 31.5 Å². The lowest BCUT2D eigenvalue weighted by Crippen LogP contribution is -2.51. The molecule has 0 bridgehead atoms. The number of nitrogens with one attached hydrogen (secondary N) is 1. The fraction of sp³-hybridized carbons (Fsp3) is 0.762. The second-order valence-corrected chi connectivity index (χ2v) is 11.7. The van der Waals surface area contributed by atoms with E-state index in [2.05, 4.69) is 14.7 Å². The van der Waals surface area contributed by atoms with Gasteiger partial charge in [0.2, 0.25) is 10.0 Å². The Morgan fingerprint density at radius 2 is 2.06 bits per heavy atom. The highest BCUT2D eigenvalue weighted by molar-refractivity contribution is 7.89. The summed E-state index contributed by atoms with van der Waals surface area (Å²) in [5.41, 5.74) is -0.0735. The van der Waals surface area contributed by atoms with E-state index in [1.165, 1.54) is 6.92 Å². The molecule has 2 heterocycles. The van der Waals surface area contributed by atoms with Gasteiger partial charge in [-0.25, -0.2) is 36.7 Å². The normalized spacial score (nSPS) is 33.1. The molecule has 0 aromatic carbocycles. The Bertz CT molecular complexity index is 1000. The molecule has 1 amide bonds. The smallest absolute Gasteiger partial charge is 0.410 e. The van der Waals surface area contributed by atoms with Crippen LogP contribution in [0.5, 0.6) is 0 Å². The number of sulfonamides is 1. The van der Waals surface area contributed by atoms with Gasteiger partial charge in [0.1, 0.15) is 5.82 Å². The molecule has 1 N–H and O–H groups in total. The maximum Gasteiger partial charge on any atom is 0.410 e. The predicted octanol–water partition coefficient (Wildman–Crippen LogP) is 2.74. The summed E-state index contributed by atoms with van der Waals surface area (Å²) in [7, 11) is -2.57. The topological polar surface area (TPSA) is 111 Å². The van der Waals surface area contributed by atoms with Crippen molar-refractivity contribution in [2.24, 2.45) is 5.92 Å². The zero-order valence-corrected chi connectivity index (χ0v) is 20.6. The summed E-state index contributed by atoms with van der Waals surface area (Å²) in [4.78, 5) is 22.1. The third-order valence-electron chi connectivity index (χ3n) is 7.32. The number of hydrogen-bond acceptors (Lipinski definition) is 7. The number of methoxy groups -OCH3 is 1. The van der Waals surface area contributed by atoms with Crippen LogP contribution < -0.4 is 4.72 Å². The van der Waals surface area contributed by atoms with Gasteiger partial charge < -0.3 is 9.47 Å². The molecule has 0 spiro atoms. The number of halogens is 3. The first-order valence-corrected chi connectivity index (χ1v) is 13.4. The zero-order chi connectivity index (χ0) is 24.7. The maximum atomic E-state index is 13.7. The van der Waals surface area contributed by atoms with E-state index in [4.69, 9.17) is 21.1 Å². The Kier molecular flexibility index (Phi) is 7.33. The molecule has 190 valence electrons. The van der Waals surface area contributed by atoms with Crippen molar-refractivity contribution in [2.75, 3.05) is 19.5 Å². The van der Waals surface area contributed by atoms with Crippen LogP contribution in [-0.2, 0) is 24.9 Å². The molecule has 0 radical (unpaired) electrons. The summed E-state index contributed by atoms with van der Waals surface area (Å²) in [6.07, 6.45) is 2.29. The highest BCUT2D eigenvalue weighted by Crippen LogP contribution is 2.61. The van der Waals surface area contributed by atoms with Crippen LogP contribution in [0, 0.1) is 5.92 Å². The number of amides is 1. The second-order valence-electron chi connectivity index (χ2n) is 9.22. The highest BCUT2D eigenvalue weighted by atomic mass is 35.5. The molecule has 6 atom stereocenters. The SMILES string of the molecule is CCS(=O)(=O)N[C@H]1C[C@@H](C(F)F)N(C(=O)OC)[C@H]1CO[C@H]1CC[C@@]2(c3ncc(Cl)cn3)C[C@H]2C1. The summed E-state index contributed by atoms with van der Waals surface area (Å²) < 4.78 is 65.1. The van der Waals surface area contributed by atoms with Gasteiger partial charge in [-0.1, -0.05) is 11.6 Å². The van der Waals surface area contributed by atoms with E-state index >= 15 is 0 Å². The Labute approximate surface area is 202 Å². The van der Waals surface area contributed by atoms with E-state index < -0.39 is 40.7 Å². The van der Waals surface area contributed by atoms with Gasteiger partial charge in [0.05, 0.1) is 42.7 Å². The minimum atomic E-state index is -3.68. The van der Waals surface area contributed by atoms with Crippen molar-refractivity contribution in [3.8, 4) is 0 Å². The van der Waals surface area contributed by atoms with Crippen LogP contribution in [0.25, 0.3) is 0 Å². The van der Waals surface area contributed by atoms with Gasteiger partial charge in [0.15, 0.2) is 0 Å². The Balaban J connectivity index is 1.44. The molecule has 1 saturated heterocycles. The highest BCUT2D eigenvalue weighted by Gasteiger charge is 2.60. The number of nitrogens with zero attached hydrogens (tertiary/aromatic N) is 3. The van der Waals surface area contributed by atoms with Crippen molar-refractivity contribution in [3.05, 3.63) is 23.2 Å². The van der Waals surface area contributed by atoms with E-state index in [9.17, 15) is 22.0 Å². The minimum absolute atomic E-state index is 0.0724. The van der Waals surface area contributed by atoms with Crippen molar-refractivity contribution in [2.45, 2.75) is 75.1 Å². The molecule has 1 aromatic heterocycles. The molecule has 34 heavy (non-hydrogen) atoms. The van der Waals surface area contributed by atoms with Gasteiger partial charge in [-0.2, -0.15) is 0 Å². The standard InChI is InChI=1S/C21H29ClF2N4O5S/c1-3-34(30,31)27-15-7-16(18(23)24)28(20(29)32-2)17(15)11-33-14-4-5-21(8-12(21)6-14)19-25-9-13(22)10-26-19/h9-10,12,14-18,27H,3-8,11H2,1-2H3/t12-,14+,15+,16+,17+,21-/m1/s1. The van der Waals surface area contributed by atoms with E-state index in [-0.39, 0.29) is 30.3 Å². The van der Waals surface area contributed by atoms with Crippen LogP contribution in [0.3, 0.4) is 0 Å². The van der Waals surface area contributed by atoms with Gasteiger partial charge >= 0.3 is 6.09 Å². The maximum absolute atomic E-state index is 13.7. The number of ether oxygens (including phenoxy) is 2. The number of carbonyl (C=O) groups is 1. The molecule has 13 heteroatoms. The molecular weight excluding hydrogens is 494 g/mol. The van der Waals surface area contributed by atoms with Crippen LogP contribution >= 0.6 is 11.6 Å². The fourth-order valence-corrected chi connectivity index (χ4v) is 6.38. The van der Waals surface area contributed by atoms with Crippen LogP contribution in [0.2, 0.25) is 5.02 Å². The zero-order valence-electron chi connectivity index (χ0n) is 19.0. The molecule has 2 saturated carbocycles. The lowest BCUT2D eigenvalue weighted by Gasteiger charge is -2.33. The van der Waals surface area contributed by atoms with Crippen molar-refractivity contribution in [1.82, 2.24) is 19.6 Å².